The maximum Gasteiger partial charge on any atom is 0.297 e. The number of hydrogen-bond donors (Lipinski definition) is 0. The molecule has 7 heteroatoms. The Hall–Kier alpha value is -2.31. The molecule has 0 aliphatic heterocycles. The van der Waals surface area contributed by atoms with Gasteiger partial charge in [-0.1, -0.05) is 18.9 Å². The van der Waals surface area contributed by atoms with Crippen LogP contribution < -0.4 is 4.90 Å². The lowest BCUT2D eigenvalue weighted by atomic mass is 10.2. The number of amides is 1. The number of halogens is 2. The molecule has 132 valence electrons. The van der Waals surface area contributed by atoms with E-state index in [0.29, 0.717) is 5.82 Å². The van der Waals surface area contributed by atoms with E-state index in [1.54, 1.807) is 24.4 Å². The zero-order valence-corrected chi connectivity index (χ0v) is 13.7. The minimum atomic E-state index is -2.84. The van der Waals surface area contributed by atoms with Gasteiger partial charge in [0.25, 0.3) is 12.3 Å². The highest BCUT2D eigenvalue weighted by Crippen LogP contribution is 2.41. The van der Waals surface area contributed by atoms with Gasteiger partial charge >= 0.3 is 0 Å². The van der Waals surface area contributed by atoms with Crippen molar-refractivity contribution in [1.29, 1.82) is 0 Å². The molecule has 2 saturated carbocycles. The molecule has 0 aromatic carbocycles. The molecule has 2 aliphatic rings. The minimum absolute atomic E-state index is 0.0533. The second kappa shape index (κ2) is 6.54. The quantitative estimate of drug-likeness (QED) is 0.800. The van der Waals surface area contributed by atoms with E-state index >= 15 is 0 Å². The standard InChI is InChI=1S/C18H19F2N3O2/c19-16(20)14-15(25-17(22-14)11-8-9-11)18(24)23(12-5-1-2-6-12)13-7-3-4-10-21-13/h3-4,7,10-12,16H,1-2,5-6,8-9H2. The summed E-state index contributed by atoms with van der Waals surface area (Å²) < 4.78 is 32.4. The third-order valence-corrected chi connectivity index (χ3v) is 4.80. The van der Waals surface area contributed by atoms with Gasteiger partial charge in [-0.2, -0.15) is 0 Å². The largest absolute Gasteiger partial charge is 0.435 e. The van der Waals surface area contributed by atoms with Gasteiger partial charge in [-0.05, 0) is 37.8 Å². The zero-order valence-electron chi connectivity index (χ0n) is 13.7. The monoisotopic (exact) mass is 347 g/mol. The molecule has 0 unspecified atom stereocenters. The number of rotatable bonds is 5. The first-order valence-electron chi connectivity index (χ1n) is 8.68. The number of hydrogen-bond acceptors (Lipinski definition) is 4. The fourth-order valence-corrected chi connectivity index (χ4v) is 3.38. The fraction of sp³-hybridized carbons (Fsp3) is 0.500. The fourth-order valence-electron chi connectivity index (χ4n) is 3.38. The number of carbonyl (C=O) groups excluding carboxylic acids is 1. The number of anilines is 1. The SMILES string of the molecule is O=C(c1oc(C2CC2)nc1C(F)F)N(c1ccccn1)C1CCCC1. The molecule has 4 rings (SSSR count). The van der Waals surface area contributed by atoms with Crippen LogP contribution in [0.4, 0.5) is 14.6 Å². The van der Waals surface area contributed by atoms with Crippen molar-refractivity contribution in [2.24, 2.45) is 0 Å². The molecular formula is C18H19F2N3O2. The molecule has 0 spiro atoms. The Bertz CT molecular complexity index is 753. The summed E-state index contributed by atoms with van der Waals surface area (Å²) in [5.74, 6) is -0.126. The van der Waals surface area contributed by atoms with Crippen molar-refractivity contribution in [1.82, 2.24) is 9.97 Å². The van der Waals surface area contributed by atoms with E-state index in [9.17, 15) is 13.6 Å². The number of oxazole rings is 1. The second-order valence-electron chi connectivity index (χ2n) is 6.64. The topological polar surface area (TPSA) is 59.2 Å². The lowest BCUT2D eigenvalue weighted by Crippen LogP contribution is -2.39. The van der Waals surface area contributed by atoms with Crippen molar-refractivity contribution in [2.45, 2.75) is 56.9 Å². The van der Waals surface area contributed by atoms with Gasteiger partial charge in [-0.25, -0.2) is 18.7 Å². The lowest BCUT2D eigenvalue weighted by Gasteiger charge is -2.27. The summed E-state index contributed by atoms with van der Waals surface area (Å²) in [6.45, 7) is 0. The first-order valence-corrected chi connectivity index (χ1v) is 8.68. The molecule has 25 heavy (non-hydrogen) atoms. The molecule has 0 saturated heterocycles. The highest BCUT2D eigenvalue weighted by molar-refractivity contribution is 6.04. The average molecular weight is 347 g/mol. The predicted octanol–water partition coefficient (Wildman–Crippen LogP) is 4.47. The predicted molar refractivity (Wildman–Crippen MR) is 86.7 cm³/mol. The van der Waals surface area contributed by atoms with Crippen LogP contribution in [-0.2, 0) is 0 Å². The number of pyridine rings is 1. The summed E-state index contributed by atoms with van der Waals surface area (Å²) >= 11 is 0. The number of nitrogens with zero attached hydrogens (tertiary/aromatic N) is 3. The van der Waals surface area contributed by atoms with E-state index in [4.69, 9.17) is 4.42 Å². The Labute approximate surface area is 144 Å². The Balaban J connectivity index is 1.73. The highest BCUT2D eigenvalue weighted by atomic mass is 19.3. The summed E-state index contributed by atoms with van der Waals surface area (Å²) in [5, 5.41) is 0. The van der Waals surface area contributed by atoms with Gasteiger partial charge in [-0.15, -0.1) is 0 Å². The van der Waals surface area contributed by atoms with Gasteiger partial charge in [0.2, 0.25) is 5.76 Å². The lowest BCUT2D eigenvalue weighted by molar-refractivity contribution is 0.0928. The van der Waals surface area contributed by atoms with Crippen molar-refractivity contribution in [3.63, 3.8) is 0 Å². The Morgan fingerprint density at radius 1 is 1.20 bits per heavy atom. The van der Waals surface area contributed by atoms with E-state index < -0.39 is 18.0 Å². The van der Waals surface area contributed by atoms with Crippen molar-refractivity contribution < 1.29 is 18.0 Å². The van der Waals surface area contributed by atoms with Crippen LogP contribution in [0, 0.1) is 0 Å². The van der Waals surface area contributed by atoms with Gasteiger partial charge in [0.15, 0.2) is 11.6 Å². The van der Waals surface area contributed by atoms with Crippen LogP contribution in [0.15, 0.2) is 28.8 Å². The minimum Gasteiger partial charge on any atom is -0.435 e. The van der Waals surface area contributed by atoms with Crippen LogP contribution in [0.3, 0.4) is 0 Å². The molecule has 2 fully saturated rings. The summed E-state index contributed by atoms with van der Waals surface area (Å²) in [7, 11) is 0. The van der Waals surface area contributed by atoms with Gasteiger partial charge in [-0.3, -0.25) is 9.69 Å². The maximum absolute atomic E-state index is 13.4. The van der Waals surface area contributed by atoms with E-state index in [1.165, 1.54) is 4.90 Å². The molecule has 2 aliphatic carbocycles. The smallest absolute Gasteiger partial charge is 0.297 e. The van der Waals surface area contributed by atoms with Gasteiger partial charge < -0.3 is 4.42 Å². The van der Waals surface area contributed by atoms with Crippen LogP contribution in [0.1, 0.15) is 73.0 Å². The van der Waals surface area contributed by atoms with Crippen LogP contribution in [-0.4, -0.2) is 21.9 Å². The number of carbonyl (C=O) groups is 1. The Kier molecular flexibility index (Phi) is 4.23. The molecule has 0 radical (unpaired) electrons. The molecule has 5 nitrogen and oxygen atoms in total. The van der Waals surface area contributed by atoms with E-state index in [2.05, 4.69) is 9.97 Å². The van der Waals surface area contributed by atoms with Crippen LogP contribution in [0.25, 0.3) is 0 Å². The zero-order chi connectivity index (χ0) is 17.4. The van der Waals surface area contributed by atoms with Crippen molar-refractivity contribution in [3.05, 3.63) is 41.7 Å². The van der Waals surface area contributed by atoms with Crippen molar-refractivity contribution in [3.8, 4) is 0 Å². The van der Waals surface area contributed by atoms with E-state index in [0.717, 1.165) is 38.5 Å². The highest BCUT2D eigenvalue weighted by Gasteiger charge is 2.38. The molecule has 2 aromatic heterocycles. The summed E-state index contributed by atoms with van der Waals surface area (Å²) in [5.41, 5.74) is -0.550. The molecule has 2 heterocycles. The molecular weight excluding hydrogens is 328 g/mol. The van der Waals surface area contributed by atoms with Crippen molar-refractivity contribution >= 4 is 11.7 Å². The van der Waals surface area contributed by atoms with E-state index in [-0.39, 0.29) is 23.6 Å². The summed E-state index contributed by atoms with van der Waals surface area (Å²) in [6.07, 6.45) is 4.15. The first-order chi connectivity index (χ1) is 12.1. The van der Waals surface area contributed by atoms with Gasteiger partial charge in [0.1, 0.15) is 5.82 Å². The third-order valence-electron chi connectivity index (χ3n) is 4.80. The normalized spacial score (nSPS) is 18.0. The maximum atomic E-state index is 13.4. The van der Waals surface area contributed by atoms with Gasteiger partial charge in [0.05, 0.1) is 0 Å². The van der Waals surface area contributed by atoms with Crippen molar-refractivity contribution in [2.75, 3.05) is 4.90 Å². The van der Waals surface area contributed by atoms with Crippen LogP contribution >= 0.6 is 0 Å². The number of alkyl halides is 2. The van der Waals surface area contributed by atoms with Crippen LogP contribution in [0.2, 0.25) is 0 Å². The second-order valence-corrected chi connectivity index (χ2v) is 6.64. The molecule has 1 amide bonds. The average Bonchev–Trinajstić information content (AvgIpc) is 3.15. The molecule has 0 N–H and O–H groups in total. The Morgan fingerprint density at radius 3 is 2.56 bits per heavy atom. The molecule has 0 atom stereocenters. The Morgan fingerprint density at radius 2 is 1.96 bits per heavy atom. The van der Waals surface area contributed by atoms with E-state index in [1.807, 2.05) is 0 Å². The summed E-state index contributed by atoms with van der Waals surface area (Å²) in [4.78, 5) is 22.8. The number of aromatic nitrogens is 2. The summed E-state index contributed by atoms with van der Waals surface area (Å²) in [6, 6.07) is 5.20. The molecule has 0 bridgehead atoms. The third kappa shape index (κ3) is 3.15. The first kappa shape index (κ1) is 16.2. The van der Waals surface area contributed by atoms with Crippen LogP contribution in [0.5, 0.6) is 0 Å². The van der Waals surface area contributed by atoms with Gasteiger partial charge in [0, 0.05) is 18.2 Å². The molecule has 2 aromatic rings.